The highest BCUT2D eigenvalue weighted by molar-refractivity contribution is 5.76. The fourth-order valence-electron chi connectivity index (χ4n) is 12.2. The highest BCUT2D eigenvalue weighted by Crippen LogP contribution is 2.73. The Hall–Kier alpha value is -1.83. The largest absolute Gasteiger partial charge is 0.481 e. The van der Waals surface area contributed by atoms with Crippen molar-refractivity contribution in [2.24, 2.45) is 51.2 Å². The molecule has 2 heteroatoms. The summed E-state index contributed by atoms with van der Waals surface area (Å²) in [5, 5.41) is 10.3. The predicted octanol–water partition coefficient (Wildman–Crippen LogP) is 10.5. The minimum absolute atomic E-state index is 0.173. The van der Waals surface area contributed by atoms with E-state index in [0.29, 0.717) is 34.0 Å². The lowest BCUT2D eigenvalue weighted by Gasteiger charge is -2.68. The maximum Gasteiger partial charge on any atom is 0.309 e. The van der Waals surface area contributed by atoms with E-state index in [4.69, 9.17) is 0 Å². The minimum atomic E-state index is -0.479. The van der Waals surface area contributed by atoms with Gasteiger partial charge < -0.3 is 5.11 Å². The summed E-state index contributed by atoms with van der Waals surface area (Å²) in [6.45, 7) is 18.1. The number of carboxylic acids is 1. The summed E-state index contributed by atoms with van der Waals surface area (Å²) in [5.41, 5.74) is 5.46. The lowest BCUT2D eigenvalue weighted by molar-refractivity contribution is -0.187. The number of allylic oxidation sites excluding steroid dienone is 3. The van der Waals surface area contributed by atoms with Crippen LogP contribution in [0.3, 0.4) is 0 Å². The van der Waals surface area contributed by atoms with E-state index in [1.165, 1.54) is 56.1 Å². The molecule has 0 saturated heterocycles. The van der Waals surface area contributed by atoms with Gasteiger partial charge in [0.2, 0.25) is 0 Å². The Labute approximate surface area is 250 Å². The molecule has 2 nitrogen and oxygen atoms in total. The zero-order chi connectivity index (χ0) is 29.4. The normalized spacial score (nSPS) is 43.1. The zero-order valence-corrected chi connectivity index (χ0v) is 26.9. The summed E-state index contributed by atoms with van der Waals surface area (Å²) in [6.07, 6.45) is 18.8. The van der Waals surface area contributed by atoms with Crippen LogP contribution in [0.2, 0.25) is 0 Å². The van der Waals surface area contributed by atoms with Crippen LogP contribution < -0.4 is 0 Å². The van der Waals surface area contributed by atoms with Gasteiger partial charge >= 0.3 is 5.97 Å². The number of carboxylic acid groups (broad SMARTS) is 1. The number of carbonyl (C=O) groups is 1. The Morgan fingerprint density at radius 3 is 2.15 bits per heavy atom. The molecule has 6 aliphatic carbocycles. The first-order chi connectivity index (χ1) is 19.4. The maximum atomic E-state index is 12.5. The van der Waals surface area contributed by atoms with E-state index in [-0.39, 0.29) is 5.41 Å². The molecule has 0 radical (unpaired) electrons. The predicted molar refractivity (Wildman–Crippen MR) is 171 cm³/mol. The van der Waals surface area contributed by atoms with E-state index in [2.05, 4.69) is 71.5 Å². The average molecular weight is 557 g/mol. The Kier molecular flexibility index (Phi) is 7.03. The van der Waals surface area contributed by atoms with Gasteiger partial charge in [0.25, 0.3) is 0 Å². The van der Waals surface area contributed by atoms with Crippen molar-refractivity contribution < 1.29 is 9.90 Å². The standard InChI is InChI=1S/C36H50O2.C3H6/c1-32(2)26(23-8-10-24(11-9-23)33(3)21-22-33)14-18-35(5)29(32)16-19-34(4)27-15-20-36(31(37)38)17-6-7-28(36)25(27)12-13-30(34)35;1-3-2/h8-11,14,25,27-30H,6-7,12-13,15-22H2,1-5H3,(H,37,38);3H,1H2,2H3. The first kappa shape index (κ1) is 29.3. The molecule has 7 rings (SSSR count). The summed E-state index contributed by atoms with van der Waals surface area (Å²) in [4.78, 5) is 12.5. The van der Waals surface area contributed by atoms with Crippen LogP contribution in [0.25, 0.3) is 5.57 Å². The Morgan fingerprint density at radius 1 is 0.829 bits per heavy atom. The van der Waals surface area contributed by atoms with Crippen molar-refractivity contribution in [2.75, 3.05) is 0 Å². The van der Waals surface area contributed by atoms with E-state index in [0.717, 1.165) is 43.9 Å². The molecule has 6 aliphatic rings. The molecule has 8 unspecified atom stereocenters. The van der Waals surface area contributed by atoms with Crippen LogP contribution in [0, 0.1) is 51.2 Å². The number of rotatable bonds is 3. The van der Waals surface area contributed by atoms with Gasteiger partial charge in [-0.05, 0) is 146 Å². The molecule has 224 valence electrons. The molecule has 5 saturated carbocycles. The van der Waals surface area contributed by atoms with Gasteiger partial charge in [-0.25, -0.2) is 0 Å². The maximum absolute atomic E-state index is 12.5. The topological polar surface area (TPSA) is 37.3 Å². The number of benzene rings is 1. The molecule has 0 bridgehead atoms. The highest BCUT2D eigenvalue weighted by Gasteiger charge is 2.66. The van der Waals surface area contributed by atoms with Gasteiger partial charge in [0.15, 0.2) is 0 Å². The van der Waals surface area contributed by atoms with Crippen LogP contribution in [-0.2, 0) is 10.2 Å². The Balaban J connectivity index is 0.000000967. The molecular weight excluding hydrogens is 500 g/mol. The molecule has 0 aromatic heterocycles. The Bertz CT molecular complexity index is 1220. The smallest absolute Gasteiger partial charge is 0.309 e. The van der Waals surface area contributed by atoms with Crippen LogP contribution >= 0.6 is 0 Å². The van der Waals surface area contributed by atoms with Crippen molar-refractivity contribution in [2.45, 2.75) is 124 Å². The van der Waals surface area contributed by atoms with E-state index >= 15 is 0 Å². The molecule has 1 aromatic rings. The SMILES string of the molecule is C=CC.CC1(c2ccc(C3=CCC4(C)C(CCC5(C)C6CCC7(C(=O)O)CCCC7C6CCC54)C3(C)C)cc2)CC1. The third-order valence-corrected chi connectivity index (χ3v) is 14.4. The molecule has 41 heavy (non-hydrogen) atoms. The van der Waals surface area contributed by atoms with E-state index < -0.39 is 11.4 Å². The number of hydrogen-bond acceptors (Lipinski definition) is 1. The number of aliphatic carboxylic acids is 1. The molecule has 0 spiro atoms. The van der Waals surface area contributed by atoms with Gasteiger partial charge in [0.1, 0.15) is 0 Å². The molecular formula is C39H56O2. The van der Waals surface area contributed by atoms with E-state index in [9.17, 15) is 9.90 Å². The lowest BCUT2D eigenvalue weighted by atomic mass is 9.36. The molecule has 0 aliphatic heterocycles. The van der Waals surface area contributed by atoms with Crippen molar-refractivity contribution in [3.8, 4) is 0 Å². The van der Waals surface area contributed by atoms with Crippen LogP contribution in [0.5, 0.6) is 0 Å². The quantitative estimate of drug-likeness (QED) is 0.376. The average Bonchev–Trinajstić information content (AvgIpc) is 3.51. The fourth-order valence-corrected chi connectivity index (χ4v) is 12.2. The summed E-state index contributed by atoms with van der Waals surface area (Å²) < 4.78 is 0. The van der Waals surface area contributed by atoms with Crippen molar-refractivity contribution in [1.82, 2.24) is 0 Å². The summed E-state index contributed by atoms with van der Waals surface area (Å²) >= 11 is 0. The summed E-state index contributed by atoms with van der Waals surface area (Å²) in [5.74, 6) is 2.77. The van der Waals surface area contributed by atoms with E-state index in [1.54, 1.807) is 11.6 Å². The van der Waals surface area contributed by atoms with Crippen molar-refractivity contribution in [1.29, 1.82) is 0 Å². The molecule has 0 heterocycles. The van der Waals surface area contributed by atoms with Crippen LogP contribution in [0.4, 0.5) is 0 Å². The number of fused-ring (bicyclic) bond motifs is 7. The van der Waals surface area contributed by atoms with Gasteiger partial charge in [-0.2, -0.15) is 0 Å². The second-order valence-electron chi connectivity index (χ2n) is 16.6. The van der Waals surface area contributed by atoms with Crippen molar-refractivity contribution in [3.63, 3.8) is 0 Å². The van der Waals surface area contributed by atoms with Crippen LogP contribution in [-0.4, -0.2) is 11.1 Å². The number of hydrogen-bond donors (Lipinski definition) is 1. The van der Waals surface area contributed by atoms with Gasteiger partial charge in [-0.15, -0.1) is 6.58 Å². The van der Waals surface area contributed by atoms with Crippen molar-refractivity contribution >= 4 is 11.5 Å². The van der Waals surface area contributed by atoms with E-state index in [1.807, 2.05) is 6.92 Å². The fraction of sp³-hybridized carbons (Fsp3) is 0.718. The second kappa shape index (κ2) is 9.85. The molecule has 1 aromatic carbocycles. The Morgan fingerprint density at radius 2 is 1.51 bits per heavy atom. The second-order valence-corrected chi connectivity index (χ2v) is 16.6. The summed E-state index contributed by atoms with van der Waals surface area (Å²) in [6, 6.07) is 9.67. The molecule has 8 atom stereocenters. The minimum Gasteiger partial charge on any atom is -0.481 e. The van der Waals surface area contributed by atoms with Gasteiger partial charge in [-0.3, -0.25) is 4.79 Å². The van der Waals surface area contributed by atoms with Crippen LogP contribution in [0.15, 0.2) is 43.0 Å². The lowest BCUT2D eigenvalue weighted by Crippen LogP contribution is -2.61. The zero-order valence-electron chi connectivity index (χ0n) is 26.9. The third-order valence-electron chi connectivity index (χ3n) is 14.4. The molecule has 0 amide bonds. The summed E-state index contributed by atoms with van der Waals surface area (Å²) in [7, 11) is 0. The first-order valence-corrected chi connectivity index (χ1v) is 17.0. The van der Waals surface area contributed by atoms with Crippen molar-refractivity contribution in [3.05, 3.63) is 54.1 Å². The molecule has 1 N–H and O–H groups in total. The van der Waals surface area contributed by atoms with Gasteiger partial charge in [-0.1, -0.05) is 77.5 Å². The monoisotopic (exact) mass is 556 g/mol. The van der Waals surface area contributed by atoms with Gasteiger partial charge in [0.05, 0.1) is 5.41 Å². The van der Waals surface area contributed by atoms with Gasteiger partial charge in [0, 0.05) is 0 Å². The highest BCUT2D eigenvalue weighted by atomic mass is 16.4. The van der Waals surface area contributed by atoms with Crippen LogP contribution in [0.1, 0.15) is 130 Å². The molecule has 5 fully saturated rings. The first-order valence-electron chi connectivity index (χ1n) is 17.0. The third kappa shape index (κ3) is 4.19.